The lowest BCUT2D eigenvalue weighted by molar-refractivity contribution is 0.0992. The summed E-state index contributed by atoms with van der Waals surface area (Å²) in [6.45, 7) is 3.87. The lowest BCUT2D eigenvalue weighted by atomic mass is 10.1. The number of nitrogens with two attached hydrogens (primary N) is 1. The van der Waals surface area contributed by atoms with E-state index < -0.39 is 17.6 Å². The summed E-state index contributed by atoms with van der Waals surface area (Å²) in [4.78, 5) is 23.7. The number of nitrogens with one attached hydrogen (secondary N) is 1. The van der Waals surface area contributed by atoms with Crippen molar-refractivity contribution >= 4 is 17.5 Å². The van der Waals surface area contributed by atoms with Crippen molar-refractivity contribution in [2.24, 2.45) is 5.73 Å². The molecule has 144 valence electrons. The third-order valence-electron chi connectivity index (χ3n) is 4.15. The summed E-state index contributed by atoms with van der Waals surface area (Å²) in [7, 11) is 0. The number of anilines is 1. The summed E-state index contributed by atoms with van der Waals surface area (Å²) in [5, 5.41) is 6.47. The number of aryl methyl sites for hydroxylation is 2. The van der Waals surface area contributed by atoms with E-state index in [4.69, 9.17) is 15.0 Å². The fraction of sp³-hybridized carbons (Fsp3) is 0.150. The Balaban J connectivity index is 1.72. The van der Waals surface area contributed by atoms with Crippen LogP contribution in [0.25, 0.3) is 0 Å². The Kier molecular flexibility index (Phi) is 5.39. The van der Waals surface area contributed by atoms with Gasteiger partial charge < -0.3 is 20.3 Å². The topological polar surface area (TPSA) is 107 Å². The number of carbonyl (C=O) groups excluding carboxylic acids is 2. The highest BCUT2D eigenvalue weighted by molar-refractivity contribution is 6.05. The Morgan fingerprint density at radius 2 is 2.00 bits per heavy atom. The number of carbonyl (C=O) groups is 2. The average Bonchev–Trinajstić information content (AvgIpc) is 2.99. The Bertz CT molecular complexity index is 1030. The van der Waals surface area contributed by atoms with Gasteiger partial charge in [-0.05, 0) is 50.2 Å². The molecule has 1 aromatic heterocycles. The maximum absolute atomic E-state index is 13.6. The zero-order chi connectivity index (χ0) is 20.3. The highest BCUT2D eigenvalue weighted by Crippen LogP contribution is 2.20. The summed E-state index contributed by atoms with van der Waals surface area (Å²) in [5.41, 5.74) is 7.00. The fourth-order valence-electron chi connectivity index (χ4n) is 2.59. The second-order valence-corrected chi connectivity index (χ2v) is 6.13. The van der Waals surface area contributed by atoms with Crippen molar-refractivity contribution in [1.29, 1.82) is 0 Å². The summed E-state index contributed by atoms with van der Waals surface area (Å²) >= 11 is 0. The normalized spacial score (nSPS) is 10.5. The fourth-order valence-corrected chi connectivity index (χ4v) is 2.59. The van der Waals surface area contributed by atoms with Gasteiger partial charge in [0, 0.05) is 11.3 Å². The molecule has 2 aromatic carbocycles. The molecule has 0 aliphatic rings. The van der Waals surface area contributed by atoms with E-state index in [2.05, 4.69) is 10.5 Å². The van der Waals surface area contributed by atoms with Crippen LogP contribution in [0.4, 0.5) is 10.1 Å². The lowest BCUT2D eigenvalue weighted by Gasteiger charge is -2.09. The van der Waals surface area contributed by atoms with Crippen LogP contribution in [0.5, 0.6) is 5.75 Å². The van der Waals surface area contributed by atoms with Crippen LogP contribution in [0.1, 0.15) is 37.7 Å². The molecule has 0 aliphatic carbocycles. The van der Waals surface area contributed by atoms with Crippen LogP contribution in [0, 0.1) is 19.7 Å². The van der Waals surface area contributed by atoms with Gasteiger partial charge in [0.25, 0.3) is 11.8 Å². The van der Waals surface area contributed by atoms with E-state index >= 15 is 0 Å². The van der Waals surface area contributed by atoms with Crippen LogP contribution in [0.15, 0.2) is 47.0 Å². The number of nitrogens with zero attached hydrogens (tertiary/aromatic N) is 1. The van der Waals surface area contributed by atoms with Crippen LogP contribution in [-0.2, 0) is 6.61 Å². The lowest BCUT2D eigenvalue weighted by Crippen LogP contribution is -2.16. The number of ether oxygens (including phenoxy) is 1. The molecule has 3 aromatic rings. The summed E-state index contributed by atoms with van der Waals surface area (Å²) in [6, 6.07) is 10.2. The van der Waals surface area contributed by atoms with Gasteiger partial charge in [-0.15, -0.1) is 0 Å². The summed E-state index contributed by atoms with van der Waals surface area (Å²) < 4.78 is 24.4. The van der Waals surface area contributed by atoms with E-state index in [1.54, 1.807) is 31.2 Å². The highest BCUT2D eigenvalue weighted by atomic mass is 19.1. The van der Waals surface area contributed by atoms with Gasteiger partial charge in [0.1, 0.15) is 23.9 Å². The molecule has 0 saturated heterocycles. The van der Waals surface area contributed by atoms with Crippen molar-refractivity contribution in [2.45, 2.75) is 20.5 Å². The highest BCUT2D eigenvalue weighted by Gasteiger charge is 2.13. The quantitative estimate of drug-likeness (QED) is 0.679. The van der Waals surface area contributed by atoms with E-state index in [0.29, 0.717) is 17.1 Å². The van der Waals surface area contributed by atoms with Crippen molar-refractivity contribution in [3.63, 3.8) is 0 Å². The van der Waals surface area contributed by atoms with Gasteiger partial charge in [-0.25, -0.2) is 4.39 Å². The van der Waals surface area contributed by atoms with Crippen LogP contribution < -0.4 is 15.8 Å². The van der Waals surface area contributed by atoms with Gasteiger partial charge in [-0.2, -0.15) is 0 Å². The monoisotopic (exact) mass is 383 g/mol. The first-order chi connectivity index (χ1) is 13.3. The maximum atomic E-state index is 13.6. The van der Waals surface area contributed by atoms with E-state index in [-0.39, 0.29) is 17.9 Å². The molecule has 0 spiro atoms. The molecule has 7 nitrogen and oxygen atoms in total. The van der Waals surface area contributed by atoms with Crippen LogP contribution in [0.3, 0.4) is 0 Å². The molecule has 0 fully saturated rings. The molecule has 0 unspecified atom stereocenters. The Morgan fingerprint density at radius 3 is 2.68 bits per heavy atom. The molecule has 2 amide bonds. The molecule has 1 heterocycles. The molecule has 28 heavy (non-hydrogen) atoms. The molecule has 0 saturated carbocycles. The first kappa shape index (κ1) is 19.1. The minimum atomic E-state index is -0.914. The molecule has 0 aliphatic heterocycles. The number of hydrogen-bond acceptors (Lipinski definition) is 5. The predicted molar refractivity (Wildman–Crippen MR) is 99.6 cm³/mol. The third kappa shape index (κ3) is 4.17. The van der Waals surface area contributed by atoms with Crippen molar-refractivity contribution in [2.75, 3.05) is 5.32 Å². The van der Waals surface area contributed by atoms with Crippen LogP contribution >= 0.6 is 0 Å². The van der Waals surface area contributed by atoms with Crippen LogP contribution in [0.2, 0.25) is 0 Å². The second kappa shape index (κ2) is 7.91. The molecule has 0 bridgehead atoms. The van der Waals surface area contributed by atoms with Gasteiger partial charge in [-0.3, -0.25) is 9.59 Å². The first-order valence-corrected chi connectivity index (χ1v) is 8.40. The van der Waals surface area contributed by atoms with Gasteiger partial charge in [0.05, 0.1) is 16.8 Å². The Morgan fingerprint density at radius 1 is 1.21 bits per heavy atom. The van der Waals surface area contributed by atoms with E-state index in [1.807, 2.05) is 6.92 Å². The van der Waals surface area contributed by atoms with Crippen molar-refractivity contribution in [3.05, 3.63) is 76.4 Å². The number of halogens is 1. The molecule has 0 atom stereocenters. The minimum Gasteiger partial charge on any atom is -0.489 e. The van der Waals surface area contributed by atoms with Gasteiger partial charge in [0.2, 0.25) is 0 Å². The van der Waals surface area contributed by atoms with Crippen LogP contribution in [-0.4, -0.2) is 17.0 Å². The Labute approximate surface area is 160 Å². The zero-order valence-electron chi connectivity index (χ0n) is 15.3. The number of hydrogen-bond donors (Lipinski definition) is 2. The number of benzene rings is 2. The summed E-state index contributed by atoms with van der Waals surface area (Å²) in [5.74, 6) is -0.939. The van der Waals surface area contributed by atoms with E-state index in [1.165, 1.54) is 12.1 Å². The smallest absolute Gasteiger partial charge is 0.255 e. The third-order valence-corrected chi connectivity index (χ3v) is 4.15. The predicted octanol–water partition coefficient (Wildman–Crippen LogP) is 3.36. The molecule has 8 heteroatoms. The standard InChI is InChI=1S/C20H18FN3O4/c1-11-17(12(2)28-24-11)10-27-15-5-3-4-13(8-15)20(26)23-14-6-7-18(21)16(9-14)19(22)25/h3-9H,10H2,1-2H3,(H2,22,25)(H,23,26). The molecule has 0 radical (unpaired) electrons. The van der Waals surface area contributed by atoms with Gasteiger partial charge in [0.15, 0.2) is 0 Å². The van der Waals surface area contributed by atoms with E-state index in [0.717, 1.165) is 17.3 Å². The minimum absolute atomic E-state index is 0.252. The number of primary amides is 1. The average molecular weight is 383 g/mol. The number of amides is 2. The van der Waals surface area contributed by atoms with Crippen molar-refractivity contribution < 1.29 is 23.2 Å². The molecule has 3 rings (SSSR count). The first-order valence-electron chi connectivity index (χ1n) is 8.40. The largest absolute Gasteiger partial charge is 0.489 e. The molecule has 3 N–H and O–H groups in total. The second-order valence-electron chi connectivity index (χ2n) is 6.13. The zero-order valence-corrected chi connectivity index (χ0v) is 15.3. The van der Waals surface area contributed by atoms with Gasteiger partial charge in [-0.1, -0.05) is 11.2 Å². The SMILES string of the molecule is Cc1noc(C)c1COc1cccc(C(=O)Nc2ccc(F)c(C(N)=O)c2)c1. The molecular weight excluding hydrogens is 365 g/mol. The van der Waals surface area contributed by atoms with Gasteiger partial charge >= 0.3 is 0 Å². The number of rotatable bonds is 6. The molecular formula is C20H18FN3O4. The number of aromatic nitrogens is 1. The maximum Gasteiger partial charge on any atom is 0.255 e. The van der Waals surface area contributed by atoms with Crippen molar-refractivity contribution in [3.8, 4) is 5.75 Å². The summed E-state index contributed by atoms with van der Waals surface area (Å²) in [6.07, 6.45) is 0. The Hall–Kier alpha value is -3.68. The van der Waals surface area contributed by atoms with E-state index in [9.17, 15) is 14.0 Å². The van der Waals surface area contributed by atoms with Crippen molar-refractivity contribution in [1.82, 2.24) is 5.16 Å².